The van der Waals surface area contributed by atoms with Crippen LogP contribution in [0.2, 0.25) is 0 Å². The van der Waals surface area contributed by atoms with Crippen LogP contribution in [0.3, 0.4) is 0 Å². The van der Waals surface area contributed by atoms with Crippen LogP contribution >= 0.6 is 0 Å². The summed E-state index contributed by atoms with van der Waals surface area (Å²) in [6.45, 7) is 6.32. The molecule has 0 amide bonds. The van der Waals surface area contributed by atoms with Gasteiger partial charge in [-0.3, -0.25) is 9.59 Å². The largest absolute Gasteiger partial charge is 0.466 e. The molecule has 1 rings (SSSR count). The fraction of sp³-hybridized carbons (Fsp3) is 0.500. The maximum atomic E-state index is 11.6. The summed E-state index contributed by atoms with van der Waals surface area (Å²) in [5.74, 6) is -0.548. The molecule has 20 heavy (non-hydrogen) atoms. The van der Waals surface area contributed by atoms with Crippen molar-refractivity contribution in [3.05, 3.63) is 34.9 Å². The summed E-state index contributed by atoms with van der Waals surface area (Å²) in [6.07, 6.45) is 1.26. The van der Waals surface area contributed by atoms with Gasteiger partial charge in [-0.25, -0.2) is 0 Å². The molecule has 0 aliphatic heterocycles. The SMILES string of the molecule is CCOC(=O)Cc1ccc(CC)cc1CC(=O)OCC. The van der Waals surface area contributed by atoms with Crippen LogP contribution < -0.4 is 0 Å². The Morgan fingerprint density at radius 2 is 1.45 bits per heavy atom. The Balaban J connectivity index is 2.91. The van der Waals surface area contributed by atoms with Gasteiger partial charge in [0, 0.05) is 0 Å². The van der Waals surface area contributed by atoms with E-state index in [2.05, 4.69) is 6.92 Å². The summed E-state index contributed by atoms with van der Waals surface area (Å²) >= 11 is 0. The van der Waals surface area contributed by atoms with Crippen molar-refractivity contribution in [3.8, 4) is 0 Å². The summed E-state index contributed by atoms with van der Waals surface area (Å²) in [4.78, 5) is 23.2. The van der Waals surface area contributed by atoms with E-state index in [-0.39, 0.29) is 24.8 Å². The van der Waals surface area contributed by atoms with Gasteiger partial charge in [-0.2, -0.15) is 0 Å². The van der Waals surface area contributed by atoms with Gasteiger partial charge in [-0.05, 0) is 37.0 Å². The molecule has 0 unspecified atom stereocenters. The van der Waals surface area contributed by atoms with E-state index in [0.717, 1.165) is 23.1 Å². The molecule has 0 aliphatic carbocycles. The zero-order valence-electron chi connectivity index (χ0n) is 12.4. The number of benzene rings is 1. The van der Waals surface area contributed by atoms with Crippen molar-refractivity contribution in [2.45, 2.75) is 40.0 Å². The van der Waals surface area contributed by atoms with Gasteiger partial charge in [-0.15, -0.1) is 0 Å². The molecule has 0 aliphatic rings. The van der Waals surface area contributed by atoms with Gasteiger partial charge in [0.2, 0.25) is 0 Å². The summed E-state index contributed by atoms with van der Waals surface area (Å²) < 4.78 is 9.93. The minimum absolute atomic E-state index is 0.187. The van der Waals surface area contributed by atoms with E-state index in [4.69, 9.17) is 9.47 Å². The molecule has 0 fully saturated rings. The molecule has 0 atom stereocenters. The molecule has 0 saturated heterocycles. The first-order valence-corrected chi connectivity index (χ1v) is 7.02. The van der Waals surface area contributed by atoms with Gasteiger partial charge in [0.1, 0.15) is 0 Å². The van der Waals surface area contributed by atoms with Crippen LogP contribution in [-0.4, -0.2) is 25.2 Å². The Morgan fingerprint density at radius 1 is 0.900 bits per heavy atom. The van der Waals surface area contributed by atoms with Crippen LogP contribution in [-0.2, 0) is 38.3 Å². The second-order valence-corrected chi connectivity index (χ2v) is 4.42. The Bertz CT molecular complexity index is 466. The first-order valence-electron chi connectivity index (χ1n) is 7.02. The quantitative estimate of drug-likeness (QED) is 0.719. The third-order valence-corrected chi connectivity index (χ3v) is 2.96. The lowest BCUT2D eigenvalue weighted by Gasteiger charge is -2.11. The molecular weight excluding hydrogens is 256 g/mol. The number of ether oxygens (including phenoxy) is 2. The Morgan fingerprint density at radius 3 is 1.95 bits per heavy atom. The van der Waals surface area contributed by atoms with Crippen LogP contribution in [0.1, 0.15) is 37.5 Å². The number of aryl methyl sites for hydroxylation is 1. The molecule has 0 spiro atoms. The van der Waals surface area contributed by atoms with Gasteiger partial charge in [0.25, 0.3) is 0 Å². The number of carbonyl (C=O) groups excluding carboxylic acids is 2. The Hall–Kier alpha value is -1.84. The van der Waals surface area contributed by atoms with Crippen molar-refractivity contribution in [1.82, 2.24) is 0 Å². The second-order valence-electron chi connectivity index (χ2n) is 4.42. The lowest BCUT2D eigenvalue weighted by molar-refractivity contribution is -0.143. The minimum atomic E-state index is -0.276. The summed E-state index contributed by atoms with van der Waals surface area (Å²) in [6, 6.07) is 5.83. The number of hydrogen-bond donors (Lipinski definition) is 0. The average molecular weight is 278 g/mol. The molecule has 0 heterocycles. The van der Waals surface area contributed by atoms with Gasteiger partial charge in [-0.1, -0.05) is 25.1 Å². The maximum Gasteiger partial charge on any atom is 0.310 e. The van der Waals surface area contributed by atoms with Crippen LogP contribution in [0.25, 0.3) is 0 Å². The Kier molecular flexibility index (Phi) is 6.77. The molecule has 0 bridgehead atoms. The molecule has 4 heteroatoms. The van der Waals surface area contributed by atoms with Crippen LogP contribution in [0.15, 0.2) is 18.2 Å². The van der Waals surface area contributed by atoms with Gasteiger partial charge in [0.15, 0.2) is 0 Å². The predicted octanol–water partition coefficient (Wildman–Crippen LogP) is 2.46. The van der Waals surface area contributed by atoms with Crippen molar-refractivity contribution in [3.63, 3.8) is 0 Å². The molecule has 1 aromatic rings. The van der Waals surface area contributed by atoms with E-state index >= 15 is 0 Å². The highest BCUT2D eigenvalue weighted by molar-refractivity contribution is 5.76. The fourth-order valence-corrected chi connectivity index (χ4v) is 1.97. The van der Waals surface area contributed by atoms with E-state index in [1.54, 1.807) is 13.8 Å². The highest BCUT2D eigenvalue weighted by atomic mass is 16.5. The summed E-state index contributed by atoms with van der Waals surface area (Å²) in [5, 5.41) is 0. The smallest absolute Gasteiger partial charge is 0.310 e. The summed E-state index contributed by atoms with van der Waals surface area (Å²) in [5.41, 5.74) is 2.81. The van der Waals surface area contributed by atoms with Gasteiger partial charge < -0.3 is 9.47 Å². The fourth-order valence-electron chi connectivity index (χ4n) is 1.97. The van der Waals surface area contributed by atoms with Crippen LogP contribution in [0.4, 0.5) is 0 Å². The molecule has 0 N–H and O–H groups in total. The highest BCUT2D eigenvalue weighted by Gasteiger charge is 2.13. The molecule has 0 aromatic heterocycles. The van der Waals surface area contributed by atoms with Crippen molar-refractivity contribution < 1.29 is 19.1 Å². The lowest BCUT2D eigenvalue weighted by Crippen LogP contribution is -2.13. The van der Waals surface area contributed by atoms with Gasteiger partial charge in [0.05, 0.1) is 26.1 Å². The van der Waals surface area contributed by atoms with Crippen molar-refractivity contribution in [2.24, 2.45) is 0 Å². The van der Waals surface area contributed by atoms with Crippen molar-refractivity contribution in [1.29, 1.82) is 0 Å². The van der Waals surface area contributed by atoms with Crippen LogP contribution in [0.5, 0.6) is 0 Å². The van der Waals surface area contributed by atoms with E-state index in [1.165, 1.54) is 0 Å². The van der Waals surface area contributed by atoms with Gasteiger partial charge >= 0.3 is 11.9 Å². The third kappa shape index (κ3) is 5.03. The van der Waals surface area contributed by atoms with Crippen molar-refractivity contribution in [2.75, 3.05) is 13.2 Å². The molecule has 0 radical (unpaired) electrons. The summed E-state index contributed by atoms with van der Waals surface area (Å²) in [7, 11) is 0. The third-order valence-electron chi connectivity index (χ3n) is 2.96. The average Bonchev–Trinajstić information content (AvgIpc) is 2.41. The number of rotatable bonds is 7. The topological polar surface area (TPSA) is 52.6 Å². The van der Waals surface area contributed by atoms with Crippen molar-refractivity contribution >= 4 is 11.9 Å². The first kappa shape index (κ1) is 16.2. The molecule has 0 saturated carbocycles. The minimum Gasteiger partial charge on any atom is -0.466 e. The lowest BCUT2D eigenvalue weighted by atomic mass is 9.98. The zero-order chi connectivity index (χ0) is 15.0. The molecule has 4 nitrogen and oxygen atoms in total. The zero-order valence-corrected chi connectivity index (χ0v) is 12.4. The Labute approximate surface area is 120 Å². The number of hydrogen-bond acceptors (Lipinski definition) is 4. The van der Waals surface area contributed by atoms with E-state index < -0.39 is 0 Å². The van der Waals surface area contributed by atoms with E-state index in [9.17, 15) is 9.59 Å². The van der Waals surface area contributed by atoms with E-state index in [1.807, 2.05) is 18.2 Å². The maximum absolute atomic E-state index is 11.6. The first-order chi connectivity index (χ1) is 9.60. The highest BCUT2D eigenvalue weighted by Crippen LogP contribution is 2.15. The second kappa shape index (κ2) is 8.35. The van der Waals surface area contributed by atoms with E-state index in [0.29, 0.717) is 13.2 Å². The number of carbonyl (C=O) groups is 2. The molecule has 1 aromatic carbocycles. The monoisotopic (exact) mass is 278 g/mol. The number of esters is 2. The normalized spacial score (nSPS) is 10.2. The molecule has 110 valence electrons. The standard InChI is InChI=1S/C16H22O4/c1-4-12-7-8-13(10-15(17)19-5-2)14(9-12)11-16(18)20-6-3/h7-9H,4-6,10-11H2,1-3H3. The van der Waals surface area contributed by atoms with Crippen LogP contribution in [0, 0.1) is 0 Å². The molecular formula is C16H22O4. The predicted molar refractivity (Wildman–Crippen MR) is 76.5 cm³/mol.